The number of phenolic OH excluding ortho intramolecular Hbond substituents is 1. The van der Waals surface area contributed by atoms with Crippen molar-refractivity contribution >= 4 is 0 Å². The van der Waals surface area contributed by atoms with Crippen molar-refractivity contribution in [3.8, 4) is 17.1 Å². The fraction of sp³-hybridized carbons (Fsp3) is 0.200. The van der Waals surface area contributed by atoms with Crippen LogP contribution in [0, 0.1) is 5.82 Å². The second-order valence-corrected chi connectivity index (χ2v) is 6.41. The van der Waals surface area contributed by atoms with Crippen molar-refractivity contribution in [1.29, 1.82) is 0 Å². The molecule has 1 aliphatic heterocycles. The molecule has 26 heavy (non-hydrogen) atoms. The fourth-order valence-corrected chi connectivity index (χ4v) is 3.29. The van der Waals surface area contributed by atoms with Gasteiger partial charge in [-0.05, 0) is 12.5 Å². The number of aromatic nitrogens is 2. The summed E-state index contributed by atoms with van der Waals surface area (Å²) in [4.78, 5) is 22.0. The Morgan fingerprint density at radius 3 is 2.77 bits per heavy atom. The average Bonchev–Trinajstić information content (AvgIpc) is 2.66. The van der Waals surface area contributed by atoms with Crippen molar-refractivity contribution in [3.05, 3.63) is 81.5 Å². The summed E-state index contributed by atoms with van der Waals surface area (Å²) in [5.41, 5.74) is 2.70. The van der Waals surface area contributed by atoms with Gasteiger partial charge in [0, 0.05) is 36.3 Å². The number of halogens is 1. The number of nitrogens with zero attached hydrogens (tertiary/aromatic N) is 2. The van der Waals surface area contributed by atoms with Crippen LogP contribution in [-0.2, 0) is 19.5 Å². The van der Waals surface area contributed by atoms with Gasteiger partial charge >= 0.3 is 0 Å². The highest BCUT2D eigenvalue weighted by atomic mass is 19.1. The van der Waals surface area contributed by atoms with E-state index in [1.54, 1.807) is 12.1 Å². The van der Waals surface area contributed by atoms with Gasteiger partial charge in [-0.3, -0.25) is 9.69 Å². The molecule has 0 amide bonds. The predicted molar refractivity (Wildman–Crippen MR) is 96.2 cm³/mol. The van der Waals surface area contributed by atoms with Gasteiger partial charge in [-0.1, -0.05) is 42.5 Å². The number of benzene rings is 2. The number of hydrogen-bond donors (Lipinski definition) is 2. The molecule has 132 valence electrons. The van der Waals surface area contributed by atoms with Crippen LogP contribution in [0.4, 0.5) is 4.39 Å². The predicted octanol–water partition coefficient (Wildman–Crippen LogP) is 2.84. The van der Waals surface area contributed by atoms with Crippen LogP contribution in [-0.4, -0.2) is 26.5 Å². The van der Waals surface area contributed by atoms with Gasteiger partial charge in [0.2, 0.25) is 0 Å². The van der Waals surface area contributed by atoms with Gasteiger partial charge in [0.05, 0.1) is 5.69 Å². The first kappa shape index (κ1) is 16.5. The lowest BCUT2D eigenvalue weighted by molar-refractivity contribution is 0.236. The van der Waals surface area contributed by atoms with E-state index in [0.717, 1.165) is 11.3 Å². The van der Waals surface area contributed by atoms with Crippen molar-refractivity contribution in [2.45, 2.75) is 19.5 Å². The van der Waals surface area contributed by atoms with E-state index >= 15 is 0 Å². The van der Waals surface area contributed by atoms with E-state index in [0.29, 0.717) is 43.0 Å². The van der Waals surface area contributed by atoms with Gasteiger partial charge in [-0.15, -0.1) is 0 Å². The van der Waals surface area contributed by atoms with E-state index < -0.39 is 5.82 Å². The molecule has 5 nitrogen and oxygen atoms in total. The third kappa shape index (κ3) is 3.11. The number of aromatic amines is 1. The van der Waals surface area contributed by atoms with Crippen molar-refractivity contribution in [3.63, 3.8) is 0 Å². The van der Waals surface area contributed by atoms with Crippen LogP contribution in [0.3, 0.4) is 0 Å². The quantitative estimate of drug-likeness (QED) is 0.761. The van der Waals surface area contributed by atoms with Crippen LogP contribution in [0.5, 0.6) is 5.75 Å². The topological polar surface area (TPSA) is 69.2 Å². The highest BCUT2D eigenvalue weighted by molar-refractivity contribution is 5.54. The van der Waals surface area contributed by atoms with Crippen LogP contribution < -0.4 is 5.56 Å². The average molecular weight is 351 g/mol. The van der Waals surface area contributed by atoms with E-state index in [1.165, 1.54) is 6.07 Å². The zero-order valence-electron chi connectivity index (χ0n) is 14.1. The molecule has 2 heterocycles. The van der Waals surface area contributed by atoms with Gasteiger partial charge < -0.3 is 10.1 Å². The molecule has 1 aliphatic rings. The second kappa shape index (κ2) is 6.72. The Balaban J connectivity index is 1.63. The molecule has 3 aromatic rings. The smallest absolute Gasteiger partial charge is 0.254 e. The zero-order chi connectivity index (χ0) is 18.1. The number of fused-ring (bicyclic) bond motifs is 1. The third-order valence-electron chi connectivity index (χ3n) is 4.66. The van der Waals surface area contributed by atoms with Crippen molar-refractivity contribution in [2.75, 3.05) is 6.54 Å². The Morgan fingerprint density at radius 1 is 1.15 bits per heavy atom. The maximum atomic E-state index is 13.5. The van der Waals surface area contributed by atoms with E-state index in [1.807, 2.05) is 30.3 Å². The number of rotatable bonds is 3. The van der Waals surface area contributed by atoms with Gasteiger partial charge in [-0.2, -0.15) is 0 Å². The standard InChI is InChI=1S/C20H18FN3O2/c21-16-8-4-7-14(18(16)25)11-24-10-9-15-17(12-24)22-19(23-20(15)26)13-5-2-1-3-6-13/h1-8,25H,9-12H2,(H,22,23,26). The summed E-state index contributed by atoms with van der Waals surface area (Å²) in [5.74, 6) is -0.396. The van der Waals surface area contributed by atoms with E-state index in [2.05, 4.69) is 14.9 Å². The number of H-pyrrole nitrogens is 1. The Labute approximate surface area is 149 Å². The first-order chi connectivity index (χ1) is 12.6. The monoisotopic (exact) mass is 351 g/mol. The summed E-state index contributed by atoms with van der Waals surface area (Å²) in [5, 5.41) is 9.89. The summed E-state index contributed by atoms with van der Waals surface area (Å²) in [6.07, 6.45) is 0.572. The molecular weight excluding hydrogens is 333 g/mol. The lowest BCUT2D eigenvalue weighted by atomic mass is 10.0. The Hall–Kier alpha value is -2.99. The molecule has 0 unspecified atom stereocenters. The van der Waals surface area contributed by atoms with E-state index in [-0.39, 0.29) is 11.3 Å². The molecule has 0 radical (unpaired) electrons. The van der Waals surface area contributed by atoms with Crippen molar-refractivity contribution in [2.24, 2.45) is 0 Å². The second-order valence-electron chi connectivity index (χ2n) is 6.41. The fourth-order valence-electron chi connectivity index (χ4n) is 3.29. The molecule has 0 atom stereocenters. The van der Waals surface area contributed by atoms with Crippen molar-refractivity contribution in [1.82, 2.24) is 14.9 Å². The lowest BCUT2D eigenvalue weighted by Gasteiger charge is -2.28. The third-order valence-corrected chi connectivity index (χ3v) is 4.66. The summed E-state index contributed by atoms with van der Waals surface area (Å²) in [6, 6.07) is 14.0. The Morgan fingerprint density at radius 2 is 1.96 bits per heavy atom. The van der Waals surface area contributed by atoms with Crippen molar-refractivity contribution < 1.29 is 9.50 Å². The minimum Gasteiger partial charge on any atom is -0.505 e. The van der Waals surface area contributed by atoms with Gasteiger partial charge in [-0.25, -0.2) is 9.37 Å². The van der Waals surface area contributed by atoms with Gasteiger partial charge in [0.15, 0.2) is 11.6 Å². The minimum absolute atomic E-state index is 0.109. The first-order valence-electron chi connectivity index (χ1n) is 8.48. The maximum absolute atomic E-state index is 13.5. The SMILES string of the molecule is O=c1[nH]c(-c2ccccc2)nc2c1CCN(Cc1cccc(F)c1O)C2. The Kier molecular flexibility index (Phi) is 4.26. The summed E-state index contributed by atoms with van der Waals surface area (Å²) >= 11 is 0. The van der Waals surface area contributed by atoms with Crippen LogP contribution in [0.2, 0.25) is 0 Å². The first-order valence-corrected chi connectivity index (χ1v) is 8.48. The molecule has 0 bridgehead atoms. The number of para-hydroxylation sites is 1. The molecule has 0 saturated heterocycles. The molecular formula is C20H18FN3O2. The highest BCUT2D eigenvalue weighted by Gasteiger charge is 2.22. The largest absolute Gasteiger partial charge is 0.505 e. The number of aromatic hydroxyl groups is 1. The molecule has 0 saturated carbocycles. The van der Waals surface area contributed by atoms with Gasteiger partial charge in [0.1, 0.15) is 5.82 Å². The summed E-state index contributed by atoms with van der Waals surface area (Å²) < 4.78 is 13.5. The zero-order valence-corrected chi connectivity index (χ0v) is 14.1. The molecule has 6 heteroatoms. The van der Waals surface area contributed by atoms with E-state index in [9.17, 15) is 14.3 Å². The van der Waals surface area contributed by atoms with Crippen LogP contribution in [0.25, 0.3) is 11.4 Å². The molecule has 1 aromatic heterocycles. The van der Waals surface area contributed by atoms with Gasteiger partial charge in [0.25, 0.3) is 5.56 Å². The number of phenols is 1. The van der Waals surface area contributed by atoms with Crippen LogP contribution in [0.15, 0.2) is 53.3 Å². The molecule has 2 N–H and O–H groups in total. The minimum atomic E-state index is -0.624. The van der Waals surface area contributed by atoms with Crippen LogP contribution in [0.1, 0.15) is 16.8 Å². The summed E-state index contributed by atoms with van der Waals surface area (Å²) in [7, 11) is 0. The van der Waals surface area contributed by atoms with E-state index in [4.69, 9.17) is 0 Å². The molecule has 2 aromatic carbocycles. The molecule has 0 aliphatic carbocycles. The maximum Gasteiger partial charge on any atom is 0.254 e. The van der Waals surface area contributed by atoms with Crippen LogP contribution >= 0.6 is 0 Å². The number of nitrogens with one attached hydrogen (secondary N) is 1. The molecule has 0 spiro atoms. The highest BCUT2D eigenvalue weighted by Crippen LogP contribution is 2.25. The summed E-state index contributed by atoms with van der Waals surface area (Å²) in [6.45, 7) is 1.53. The molecule has 4 rings (SSSR count). The lowest BCUT2D eigenvalue weighted by Crippen LogP contribution is -2.35. The Bertz CT molecular complexity index is 1000. The molecule has 0 fully saturated rings. The number of hydrogen-bond acceptors (Lipinski definition) is 4. The normalized spacial score (nSPS) is 14.2.